The number of aromatic nitrogens is 2. The number of carbonyl (C=O) groups excluding carboxylic acids is 2. The normalized spacial score (nSPS) is 22.1. The van der Waals surface area contributed by atoms with E-state index in [4.69, 9.17) is 15.3 Å². The Bertz CT molecular complexity index is 1190. The molecule has 2 aromatic heterocycles. The molecule has 4 saturated heterocycles. The van der Waals surface area contributed by atoms with Crippen LogP contribution in [-0.2, 0) is 14.3 Å². The number of rotatable bonds is 6. The molecule has 13 nitrogen and oxygen atoms in total. The summed E-state index contributed by atoms with van der Waals surface area (Å²) in [5, 5.41) is 26.9. The molecule has 42 heavy (non-hydrogen) atoms. The summed E-state index contributed by atoms with van der Waals surface area (Å²) in [5.41, 5.74) is 0. The maximum atomic E-state index is 12.2. The molecule has 15 heteroatoms. The van der Waals surface area contributed by atoms with Gasteiger partial charge in [0.1, 0.15) is 10.0 Å². The van der Waals surface area contributed by atoms with Crippen molar-refractivity contribution < 1.29 is 14.3 Å². The summed E-state index contributed by atoms with van der Waals surface area (Å²) in [6.07, 6.45) is 13.0. The minimum absolute atomic E-state index is 0.0210. The zero-order valence-corrected chi connectivity index (χ0v) is 25.2. The Morgan fingerprint density at radius 2 is 1.24 bits per heavy atom. The van der Waals surface area contributed by atoms with Crippen molar-refractivity contribution in [2.24, 2.45) is 11.8 Å². The second-order valence-electron chi connectivity index (χ2n) is 10.7. The van der Waals surface area contributed by atoms with E-state index >= 15 is 0 Å². The first-order valence-corrected chi connectivity index (χ1v) is 16.1. The highest BCUT2D eigenvalue weighted by atomic mass is 32.1. The number of hydrogen-bond donors (Lipinski definition) is 2. The van der Waals surface area contributed by atoms with Gasteiger partial charge in [0.25, 0.3) is 0 Å². The molecule has 2 aromatic rings. The number of likely N-dealkylation sites (tertiary alicyclic amines) is 2. The van der Waals surface area contributed by atoms with Crippen molar-refractivity contribution in [1.29, 1.82) is 10.5 Å². The largest absolute Gasteiger partial charge is 0.378 e. The Labute approximate surface area is 253 Å². The van der Waals surface area contributed by atoms with E-state index < -0.39 is 0 Å². The third-order valence-corrected chi connectivity index (χ3v) is 9.79. The number of nitrogens with zero attached hydrogens (tertiary/aromatic N) is 8. The van der Waals surface area contributed by atoms with E-state index in [0.717, 1.165) is 62.2 Å². The van der Waals surface area contributed by atoms with E-state index in [-0.39, 0.29) is 23.7 Å². The molecule has 2 N–H and O–H groups in total. The van der Waals surface area contributed by atoms with Gasteiger partial charge in [-0.2, -0.15) is 10.5 Å². The number of nitrogens with one attached hydrogen (secondary N) is 2. The zero-order valence-electron chi connectivity index (χ0n) is 23.5. The highest BCUT2D eigenvalue weighted by molar-refractivity contribution is 7.20. The van der Waals surface area contributed by atoms with E-state index in [9.17, 15) is 9.59 Å². The maximum Gasteiger partial charge on any atom is 0.231 e. The van der Waals surface area contributed by atoms with Gasteiger partial charge in [0.2, 0.25) is 11.8 Å². The molecule has 4 aliphatic rings. The lowest BCUT2D eigenvalue weighted by atomic mass is 10.1. The molecule has 0 spiro atoms. The fourth-order valence-electron chi connectivity index (χ4n) is 5.38. The molecule has 0 aromatic carbocycles. The number of carbonyl (C=O) groups is 2. The van der Waals surface area contributed by atoms with E-state index in [2.05, 4.69) is 42.8 Å². The number of ether oxygens (including phenoxy) is 1. The number of morpholine rings is 1. The van der Waals surface area contributed by atoms with Crippen LogP contribution < -0.4 is 20.4 Å². The highest BCUT2D eigenvalue weighted by Gasteiger charge is 2.29. The highest BCUT2D eigenvalue weighted by Crippen LogP contribution is 2.30. The molecule has 4 fully saturated rings. The molecule has 2 atom stereocenters. The summed E-state index contributed by atoms with van der Waals surface area (Å²) in [6, 6.07) is 0. The van der Waals surface area contributed by atoms with Gasteiger partial charge >= 0.3 is 0 Å². The van der Waals surface area contributed by atoms with Crippen molar-refractivity contribution >= 4 is 54.8 Å². The fourth-order valence-corrected chi connectivity index (χ4v) is 7.13. The lowest BCUT2D eigenvalue weighted by Crippen LogP contribution is -2.35. The van der Waals surface area contributed by atoms with Crippen LogP contribution in [0.15, 0.2) is 12.4 Å². The molecule has 4 aliphatic heterocycles. The molecule has 0 aliphatic carbocycles. The van der Waals surface area contributed by atoms with Crippen molar-refractivity contribution in [3.63, 3.8) is 0 Å². The summed E-state index contributed by atoms with van der Waals surface area (Å²) in [5.74, 6) is -0.296. The smallest absolute Gasteiger partial charge is 0.231 e. The first-order valence-electron chi connectivity index (χ1n) is 14.4. The number of amides is 2. The van der Waals surface area contributed by atoms with Crippen molar-refractivity contribution in [3.8, 4) is 12.4 Å². The average molecular weight is 613 g/mol. The van der Waals surface area contributed by atoms with Crippen molar-refractivity contribution in [2.75, 3.05) is 86.0 Å². The van der Waals surface area contributed by atoms with Crippen LogP contribution in [0.2, 0.25) is 0 Å². The van der Waals surface area contributed by atoms with Crippen molar-refractivity contribution in [3.05, 3.63) is 12.4 Å². The number of nitriles is 2. The quantitative estimate of drug-likeness (QED) is 0.463. The molecular formula is C27H36N10O3S2. The Morgan fingerprint density at radius 1 is 0.762 bits per heavy atom. The summed E-state index contributed by atoms with van der Waals surface area (Å²) in [6.45, 7) is 7.68. The first kappa shape index (κ1) is 29.8. The van der Waals surface area contributed by atoms with Crippen LogP contribution in [0.3, 0.4) is 0 Å². The Morgan fingerprint density at radius 3 is 1.69 bits per heavy atom. The van der Waals surface area contributed by atoms with Gasteiger partial charge in [0.05, 0.1) is 37.4 Å². The molecule has 0 bridgehead atoms. The lowest BCUT2D eigenvalue weighted by Gasteiger charge is -2.26. The number of piperidine rings is 1. The molecule has 2 amide bonds. The molecule has 224 valence electrons. The van der Waals surface area contributed by atoms with Crippen LogP contribution in [-0.4, -0.2) is 97.2 Å². The average Bonchev–Trinajstić information content (AvgIpc) is 3.85. The van der Waals surface area contributed by atoms with Gasteiger partial charge < -0.3 is 35.0 Å². The SMILES string of the molecule is N#CN1CC[C@@H](C(=O)Nc2ncc(N3CCCCC3)s2)C1.N#CN1CC[C@@H](C(=O)Nc2ncc(N3CCOCC3)s2)C1. The van der Waals surface area contributed by atoms with E-state index in [1.54, 1.807) is 16.0 Å². The van der Waals surface area contributed by atoms with Gasteiger partial charge in [-0.05, 0) is 32.1 Å². The Hall–Kier alpha value is -3.66. The number of hydrogen-bond acceptors (Lipinski definition) is 13. The molecule has 0 radical (unpaired) electrons. The minimum atomic E-state index is -0.125. The van der Waals surface area contributed by atoms with Gasteiger partial charge in [-0.1, -0.05) is 22.7 Å². The van der Waals surface area contributed by atoms with Crippen LogP contribution in [0.25, 0.3) is 0 Å². The van der Waals surface area contributed by atoms with Crippen LogP contribution >= 0.6 is 22.7 Å². The second-order valence-corrected chi connectivity index (χ2v) is 12.7. The second kappa shape index (κ2) is 14.5. The van der Waals surface area contributed by atoms with Crippen molar-refractivity contribution in [2.45, 2.75) is 32.1 Å². The van der Waals surface area contributed by atoms with E-state index in [0.29, 0.717) is 36.4 Å². The van der Waals surface area contributed by atoms with Gasteiger partial charge in [0, 0.05) is 52.4 Å². The molecule has 0 unspecified atom stereocenters. The summed E-state index contributed by atoms with van der Waals surface area (Å²) >= 11 is 3.02. The third-order valence-electron chi connectivity index (χ3n) is 7.84. The molecule has 6 rings (SSSR count). The molecule has 0 saturated carbocycles. The number of anilines is 4. The summed E-state index contributed by atoms with van der Waals surface area (Å²) < 4.78 is 5.32. The van der Waals surface area contributed by atoms with E-state index in [1.165, 1.54) is 41.9 Å². The van der Waals surface area contributed by atoms with Gasteiger partial charge in [-0.3, -0.25) is 9.59 Å². The van der Waals surface area contributed by atoms with E-state index in [1.807, 2.05) is 6.20 Å². The zero-order chi connectivity index (χ0) is 29.3. The predicted octanol–water partition coefficient (Wildman–Crippen LogP) is 2.60. The topological polar surface area (TPSA) is 154 Å². The summed E-state index contributed by atoms with van der Waals surface area (Å²) in [7, 11) is 0. The standard InChI is InChI=1S/C14H19N5OS.C13H17N5O2S/c15-10-18-7-4-11(9-18)13(20)17-14-16-8-12(21-14)19-5-2-1-3-6-19;14-9-17-2-1-10(8-17)12(19)16-13-15-7-11(21-13)18-3-5-20-6-4-18/h8,11H,1-7,9H2,(H,16,17,20);7,10H,1-6,8H2,(H,15,16,19)/t11-;10-/m11/s1. The monoisotopic (exact) mass is 612 g/mol. The molecular weight excluding hydrogens is 576 g/mol. The minimum Gasteiger partial charge on any atom is -0.378 e. The van der Waals surface area contributed by atoms with Crippen LogP contribution in [0.1, 0.15) is 32.1 Å². The van der Waals surface area contributed by atoms with Crippen LogP contribution in [0, 0.1) is 34.7 Å². The molecule has 6 heterocycles. The van der Waals surface area contributed by atoms with Gasteiger partial charge in [0.15, 0.2) is 22.6 Å². The Kier molecular flexibility index (Phi) is 10.3. The third kappa shape index (κ3) is 7.79. The van der Waals surface area contributed by atoms with Crippen molar-refractivity contribution in [1.82, 2.24) is 19.8 Å². The predicted molar refractivity (Wildman–Crippen MR) is 161 cm³/mol. The van der Waals surface area contributed by atoms with Crippen LogP contribution in [0.5, 0.6) is 0 Å². The van der Waals surface area contributed by atoms with Gasteiger partial charge in [-0.25, -0.2) is 9.97 Å². The van der Waals surface area contributed by atoms with Gasteiger partial charge in [-0.15, -0.1) is 0 Å². The fraction of sp³-hybridized carbons (Fsp3) is 0.630. The lowest BCUT2D eigenvalue weighted by molar-refractivity contribution is -0.120. The summed E-state index contributed by atoms with van der Waals surface area (Å²) in [4.78, 5) is 40.7. The maximum absolute atomic E-state index is 12.2. The van der Waals surface area contributed by atoms with Crippen LogP contribution in [0.4, 0.5) is 20.3 Å². The number of thiazole rings is 2. The first-order chi connectivity index (χ1) is 20.5. The Balaban J connectivity index is 0.000000168.